The average Bonchev–Trinajstić information content (AvgIpc) is 2.51. The summed E-state index contributed by atoms with van der Waals surface area (Å²) in [5, 5.41) is 0.599. The summed E-state index contributed by atoms with van der Waals surface area (Å²) in [6.07, 6.45) is -0.882. The number of carbonyl (C=O) groups excluding carboxylic acids is 1. The van der Waals surface area contributed by atoms with Gasteiger partial charge in [0.15, 0.2) is 0 Å². The molecule has 122 valence electrons. The molecule has 2 aromatic carbocycles. The molecule has 2 aromatic rings. The fourth-order valence-corrected chi connectivity index (χ4v) is 2.29. The van der Waals surface area contributed by atoms with E-state index in [4.69, 9.17) is 32.7 Å². The number of methoxy groups -OCH3 is 1. The van der Waals surface area contributed by atoms with Gasteiger partial charge in [-0.1, -0.05) is 29.3 Å². The number of hydrogen-bond donors (Lipinski definition) is 0. The maximum atomic E-state index is 13.6. The van der Waals surface area contributed by atoms with Crippen molar-refractivity contribution in [1.82, 2.24) is 0 Å². The minimum absolute atomic E-state index is 0.0613. The minimum Gasteiger partial charge on any atom is -0.487 e. The fraction of sp³-hybridized carbons (Fsp3) is 0.188. The molecule has 0 aromatic heterocycles. The third kappa shape index (κ3) is 4.27. The molecule has 0 fully saturated rings. The molecule has 4 nitrogen and oxygen atoms in total. The van der Waals surface area contributed by atoms with E-state index >= 15 is 0 Å². The Kier molecular flexibility index (Phi) is 5.69. The zero-order valence-electron chi connectivity index (χ0n) is 12.4. The second-order valence-corrected chi connectivity index (χ2v) is 5.41. The first-order valence-electron chi connectivity index (χ1n) is 6.54. The number of rotatable bonds is 4. The van der Waals surface area contributed by atoms with E-state index in [0.29, 0.717) is 16.1 Å². The van der Waals surface area contributed by atoms with E-state index < -0.39 is 12.0 Å². The monoisotopic (exact) mass is 358 g/mol. The standard InChI is InChI=1S/C16H13Cl2FO4/c1-9-6-12(18)15(7-13(9)19)22-8-10-11(17)4-3-5-14(10)23-16(20)21-2/h3-7H,8H2,1-2H3. The van der Waals surface area contributed by atoms with Crippen molar-refractivity contribution in [1.29, 1.82) is 0 Å². The van der Waals surface area contributed by atoms with Crippen LogP contribution in [0.2, 0.25) is 10.0 Å². The Hall–Kier alpha value is -1.98. The molecule has 0 bridgehead atoms. The highest BCUT2D eigenvalue weighted by Gasteiger charge is 2.14. The summed E-state index contributed by atoms with van der Waals surface area (Å²) in [6, 6.07) is 7.42. The van der Waals surface area contributed by atoms with Crippen LogP contribution in [0.1, 0.15) is 11.1 Å². The highest BCUT2D eigenvalue weighted by molar-refractivity contribution is 6.32. The first-order chi connectivity index (χ1) is 10.9. The van der Waals surface area contributed by atoms with Crippen LogP contribution in [0.4, 0.5) is 9.18 Å². The van der Waals surface area contributed by atoms with Crippen LogP contribution in [0.15, 0.2) is 30.3 Å². The van der Waals surface area contributed by atoms with Crippen molar-refractivity contribution < 1.29 is 23.4 Å². The molecule has 0 atom stereocenters. The van der Waals surface area contributed by atoms with Crippen molar-refractivity contribution in [2.45, 2.75) is 13.5 Å². The molecular formula is C16H13Cl2FO4. The van der Waals surface area contributed by atoms with Crippen molar-refractivity contribution in [2.24, 2.45) is 0 Å². The Morgan fingerprint density at radius 1 is 1.17 bits per heavy atom. The normalized spacial score (nSPS) is 10.3. The van der Waals surface area contributed by atoms with Gasteiger partial charge in [-0.15, -0.1) is 0 Å². The van der Waals surface area contributed by atoms with E-state index in [2.05, 4.69) is 4.74 Å². The van der Waals surface area contributed by atoms with Crippen LogP contribution in [-0.2, 0) is 11.3 Å². The van der Waals surface area contributed by atoms with Crippen molar-refractivity contribution in [3.8, 4) is 11.5 Å². The van der Waals surface area contributed by atoms with Crippen LogP contribution in [0.3, 0.4) is 0 Å². The predicted molar refractivity (Wildman–Crippen MR) is 85.0 cm³/mol. The zero-order chi connectivity index (χ0) is 17.0. The van der Waals surface area contributed by atoms with Gasteiger partial charge in [0.05, 0.1) is 22.7 Å². The second-order valence-electron chi connectivity index (χ2n) is 4.59. The summed E-state index contributed by atoms with van der Waals surface area (Å²) < 4.78 is 28.6. The predicted octanol–water partition coefficient (Wildman–Crippen LogP) is 5.17. The summed E-state index contributed by atoms with van der Waals surface area (Å²) in [5.41, 5.74) is 0.825. The van der Waals surface area contributed by atoms with Gasteiger partial charge in [-0.25, -0.2) is 9.18 Å². The zero-order valence-corrected chi connectivity index (χ0v) is 13.9. The number of halogens is 3. The lowest BCUT2D eigenvalue weighted by atomic mass is 10.2. The van der Waals surface area contributed by atoms with Gasteiger partial charge in [0.1, 0.15) is 23.9 Å². The molecule has 0 unspecified atom stereocenters. The van der Waals surface area contributed by atoms with Crippen LogP contribution in [-0.4, -0.2) is 13.3 Å². The summed E-state index contributed by atoms with van der Waals surface area (Å²) in [7, 11) is 1.19. The summed E-state index contributed by atoms with van der Waals surface area (Å²) >= 11 is 12.1. The molecule has 23 heavy (non-hydrogen) atoms. The highest BCUT2D eigenvalue weighted by Crippen LogP contribution is 2.31. The van der Waals surface area contributed by atoms with Gasteiger partial charge in [0.2, 0.25) is 0 Å². The largest absolute Gasteiger partial charge is 0.513 e. The Balaban J connectivity index is 2.23. The van der Waals surface area contributed by atoms with Crippen molar-refractivity contribution in [3.05, 3.63) is 57.3 Å². The molecule has 0 spiro atoms. The molecular weight excluding hydrogens is 346 g/mol. The van der Waals surface area contributed by atoms with E-state index in [0.717, 1.165) is 0 Å². The maximum absolute atomic E-state index is 13.6. The van der Waals surface area contributed by atoms with Crippen LogP contribution in [0, 0.1) is 12.7 Å². The maximum Gasteiger partial charge on any atom is 0.513 e. The average molecular weight is 359 g/mol. The van der Waals surface area contributed by atoms with Crippen molar-refractivity contribution in [3.63, 3.8) is 0 Å². The van der Waals surface area contributed by atoms with E-state index in [1.165, 1.54) is 19.2 Å². The number of ether oxygens (including phenoxy) is 3. The van der Waals surface area contributed by atoms with Gasteiger partial charge < -0.3 is 14.2 Å². The molecule has 0 saturated heterocycles. The Labute approximate surface area is 142 Å². The van der Waals surface area contributed by atoms with Gasteiger partial charge >= 0.3 is 6.16 Å². The molecule has 7 heteroatoms. The first-order valence-corrected chi connectivity index (χ1v) is 7.29. The molecule has 2 rings (SSSR count). The number of hydrogen-bond acceptors (Lipinski definition) is 4. The van der Waals surface area contributed by atoms with Crippen molar-refractivity contribution in [2.75, 3.05) is 7.11 Å². The van der Waals surface area contributed by atoms with E-state index in [1.807, 2.05) is 0 Å². The van der Waals surface area contributed by atoms with Gasteiger partial charge in [-0.05, 0) is 30.7 Å². The molecule has 0 radical (unpaired) electrons. The molecule has 0 N–H and O–H groups in total. The topological polar surface area (TPSA) is 44.8 Å². The number of benzene rings is 2. The van der Waals surface area contributed by atoms with Gasteiger partial charge in [-0.2, -0.15) is 0 Å². The SMILES string of the molecule is COC(=O)Oc1cccc(Cl)c1COc1cc(F)c(C)cc1Cl. The lowest BCUT2D eigenvalue weighted by Crippen LogP contribution is -2.10. The summed E-state index contributed by atoms with van der Waals surface area (Å²) in [4.78, 5) is 11.3. The minimum atomic E-state index is -0.882. The Morgan fingerprint density at radius 3 is 2.61 bits per heavy atom. The number of carbonyl (C=O) groups is 1. The molecule has 0 heterocycles. The van der Waals surface area contributed by atoms with Gasteiger partial charge in [0, 0.05) is 6.07 Å². The Morgan fingerprint density at radius 2 is 1.91 bits per heavy atom. The van der Waals surface area contributed by atoms with Crippen LogP contribution in [0.5, 0.6) is 11.5 Å². The quantitative estimate of drug-likeness (QED) is 0.558. The summed E-state index contributed by atoms with van der Waals surface area (Å²) in [5.74, 6) is -0.0821. The molecule has 0 aliphatic heterocycles. The first kappa shape index (κ1) is 17.4. The third-order valence-corrected chi connectivity index (χ3v) is 3.67. The summed E-state index contributed by atoms with van der Waals surface area (Å²) in [6.45, 7) is 1.54. The highest BCUT2D eigenvalue weighted by atomic mass is 35.5. The van der Waals surface area contributed by atoms with Crippen LogP contribution < -0.4 is 9.47 Å². The van der Waals surface area contributed by atoms with E-state index in [-0.39, 0.29) is 23.1 Å². The lowest BCUT2D eigenvalue weighted by molar-refractivity contribution is 0.120. The van der Waals surface area contributed by atoms with E-state index in [1.54, 1.807) is 25.1 Å². The van der Waals surface area contributed by atoms with Gasteiger partial charge in [-0.3, -0.25) is 0 Å². The fourth-order valence-electron chi connectivity index (χ4n) is 1.79. The third-order valence-electron chi connectivity index (χ3n) is 3.02. The van der Waals surface area contributed by atoms with Crippen LogP contribution in [0.25, 0.3) is 0 Å². The van der Waals surface area contributed by atoms with E-state index in [9.17, 15) is 9.18 Å². The smallest absolute Gasteiger partial charge is 0.487 e. The Bertz CT molecular complexity index is 734. The molecule has 0 saturated carbocycles. The lowest BCUT2D eigenvalue weighted by Gasteiger charge is -2.13. The second kappa shape index (κ2) is 7.53. The van der Waals surface area contributed by atoms with Gasteiger partial charge in [0.25, 0.3) is 0 Å². The molecule has 0 aliphatic carbocycles. The molecule has 0 amide bonds. The number of aryl methyl sites for hydroxylation is 1. The van der Waals surface area contributed by atoms with Crippen LogP contribution >= 0.6 is 23.2 Å². The van der Waals surface area contributed by atoms with Crippen molar-refractivity contribution >= 4 is 29.4 Å². The molecule has 0 aliphatic rings.